The third kappa shape index (κ3) is 3.62. The highest BCUT2D eigenvalue weighted by Crippen LogP contribution is 2.14. The average molecular weight is 208 g/mol. The quantitative estimate of drug-likeness (QED) is 0.698. The number of esters is 1. The van der Waals surface area contributed by atoms with Gasteiger partial charge in [0, 0.05) is 0 Å². The fourth-order valence-corrected chi connectivity index (χ4v) is 1.16. The molecule has 0 unspecified atom stereocenters. The van der Waals surface area contributed by atoms with E-state index in [0.29, 0.717) is 24.5 Å². The largest absolute Gasteiger partial charge is 0.494 e. The van der Waals surface area contributed by atoms with Gasteiger partial charge < -0.3 is 9.47 Å². The van der Waals surface area contributed by atoms with E-state index in [4.69, 9.17) is 9.47 Å². The minimum Gasteiger partial charge on any atom is -0.494 e. The molecule has 1 aromatic rings. The van der Waals surface area contributed by atoms with Crippen LogP contribution in [0.2, 0.25) is 0 Å². The summed E-state index contributed by atoms with van der Waals surface area (Å²) in [5, 5.41) is 0. The smallest absolute Gasteiger partial charge is 0.338 e. The van der Waals surface area contributed by atoms with Gasteiger partial charge in [-0.05, 0) is 31.5 Å². The Balaban J connectivity index is 2.67. The number of hydrogen-bond acceptors (Lipinski definition) is 3. The van der Waals surface area contributed by atoms with E-state index in [1.807, 2.05) is 19.9 Å². The molecule has 0 aromatic heterocycles. The van der Waals surface area contributed by atoms with E-state index in [1.165, 1.54) is 0 Å². The summed E-state index contributed by atoms with van der Waals surface area (Å²) in [5.41, 5.74) is 0.536. The van der Waals surface area contributed by atoms with E-state index in [0.717, 1.165) is 6.42 Å². The van der Waals surface area contributed by atoms with Crippen molar-refractivity contribution in [2.24, 2.45) is 0 Å². The van der Waals surface area contributed by atoms with E-state index >= 15 is 0 Å². The Bertz CT molecular complexity index is 320. The van der Waals surface area contributed by atoms with Gasteiger partial charge in [-0.1, -0.05) is 13.0 Å². The third-order valence-electron chi connectivity index (χ3n) is 1.82. The van der Waals surface area contributed by atoms with Crippen molar-refractivity contribution in [3.05, 3.63) is 29.8 Å². The summed E-state index contributed by atoms with van der Waals surface area (Å²) in [5.74, 6) is 0.404. The van der Waals surface area contributed by atoms with Crippen molar-refractivity contribution in [1.29, 1.82) is 0 Å². The highest BCUT2D eigenvalue weighted by Gasteiger charge is 2.07. The molecular formula is C12H16O3. The molecule has 3 nitrogen and oxygen atoms in total. The normalized spacial score (nSPS) is 9.73. The zero-order chi connectivity index (χ0) is 11.1. The van der Waals surface area contributed by atoms with E-state index in [-0.39, 0.29) is 5.97 Å². The number of rotatable bonds is 5. The van der Waals surface area contributed by atoms with Crippen LogP contribution in [0.4, 0.5) is 0 Å². The van der Waals surface area contributed by atoms with Gasteiger partial charge in [0.2, 0.25) is 0 Å². The summed E-state index contributed by atoms with van der Waals surface area (Å²) in [6.45, 7) is 4.91. The second-order valence-corrected chi connectivity index (χ2v) is 3.10. The van der Waals surface area contributed by atoms with Crippen LogP contribution in [0, 0.1) is 0 Å². The molecule has 0 bridgehead atoms. The molecule has 0 aliphatic rings. The predicted molar refractivity (Wildman–Crippen MR) is 58.2 cm³/mol. The van der Waals surface area contributed by atoms with Gasteiger partial charge in [0.1, 0.15) is 5.75 Å². The second kappa shape index (κ2) is 6.06. The Morgan fingerprint density at radius 1 is 1.33 bits per heavy atom. The molecule has 0 spiro atoms. The van der Waals surface area contributed by atoms with Crippen molar-refractivity contribution in [2.45, 2.75) is 20.3 Å². The molecule has 3 heteroatoms. The molecule has 15 heavy (non-hydrogen) atoms. The van der Waals surface area contributed by atoms with Crippen LogP contribution in [-0.4, -0.2) is 19.2 Å². The van der Waals surface area contributed by atoms with Crippen molar-refractivity contribution in [3.8, 4) is 5.75 Å². The van der Waals surface area contributed by atoms with E-state index in [1.54, 1.807) is 18.2 Å². The topological polar surface area (TPSA) is 35.5 Å². The minimum absolute atomic E-state index is 0.293. The number of carbonyl (C=O) groups excluding carboxylic acids is 1. The van der Waals surface area contributed by atoms with Gasteiger partial charge in [0.05, 0.1) is 18.8 Å². The van der Waals surface area contributed by atoms with Gasteiger partial charge >= 0.3 is 5.97 Å². The van der Waals surface area contributed by atoms with Crippen LogP contribution in [0.1, 0.15) is 30.6 Å². The Labute approximate surface area is 90.0 Å². The molecule has 0 amide bonds. The Morgan fingerprint density at radius 2 is 2.13 bits per heavy atom. The van der Waals surface area contributed by atoms with Crippen LogP contribution in [0.25, 0.3) is 0 Å². The maximum absolute atomic E-state index is 11.5. The SMILES string of the molecule is CCCOC(=O)c1cccc(OCC)c1. The van der Waals surface area contributed by atoms with E-state index < -0.39 is 0 Å². The van der Waals surface area contributed by atoms with Crippen LogP contribution in [-0.2, 0) is 4.74 Å². The molecular weight excluding hydrogens is 192 g/mol. The number of carbonyl (C=O) groups is 1. The number of hydrogen-bond donors (Lipinski definition) is 0. The lowest BCUT2D eigenvalue weighted by Gasteiger charge is -2.06. The van der Waals surface area contributed by atoms with Crippen LogP contribution in [0.15, 0.2) is 24.3 Å². The molecule has 0 saturated heterocycles. The Morgan fingerprint density at radius 3 is 2.80 bits per heavy atom. The third-order valence-corrected chi connectivity index (χ3v) is 1.82. The fourth-order valence-electron chi connectivity index (χ4n) is 1.16. The Kier molecular flexibility index (Phi) is 4.68. The zero-order valence-electron chi connectivity index (χ0n) is 9.16. The monoisotopic (exact) mass is 208 g/mol. The Hall–Kier alpha value is -1.51. The summed E-state index contributed by atoms with van der Waals surface area (Å²) >= 11 is 0. The molecule has 0 radical (unpaired) electrons. The van der Waals surface area contributed by atoms with Gasteiger partial charge in [-0.2, -0.15) is 0 Å². The maximum Gasteiger partial charge on any atom is 0.338 e. The van der Waals surface area contributed by atoms with Crippen molar-refractivity contribution in [3.63, 3.8) is 0 Å². The molecule has 0 N–H and O–H groups in total. The van der Waals surface area contributed by atoms with Gasteiger partial charge in [-0.3, -0.25) is 0 Å². The lowest BCUT2D eigenvalue weighted by Crippen LogP contribution is -2.06. The van der Waals surface area contributed by atoms with E-state index in [2.05, 4.69) is 0 Å². The van der Waals surface area contributed by atoms with Gasteiger partial charge in [-0.15, -0.1) is 0 Å². The maximum atomic E-state index is 11.5. The first kappa shape index (κ1) is 11.6. The molecule has 1 rings (SSSR count). The molecule has 0 fully saturated rings. The van der Waals surface area contributed by atoms with Crippen LogP contribution >= 0.6 is 0 Å². The summed E-state index contributed by atoms with van der Waals surface area (Å²) in [6.07, 6.45) is 0.830. The zero-order valence-corrected chi connectivity index (χ0v) is 9.16. The second-order valence-electron chi connectivity index (χ2n) is 3.10. The predicted octanol–water partition coefficient (Wildman–Crippen LogP) is 2.65. The lowest BCUT2D eigenvalue weighted by molar-refractivity contribution is 0.0504. The van der Waals surface area contributed by atoms with Crippen molar-refractivity contribution in [1.82, 2.24) is 0 Å². The molecule has 0 atom stereocenters. The number of ether oxygens (including phenoxy) is 2. The highest BCUT2D eigenvalue weighted by molar-refractivity contribution is 5.89. The average Bonchev–Trinajstić information content (AvgIpc) is 2.27. The molecule has 1 aromatic carbocycles. The van der Waals surface area contributed by atoms with E-state index in [9.17, 15) is 4.79 Å². The molecule has 82 valence electrons. The first-order valence-electron chi connectivity index (χ1n) is 5.18. The lowest BCUT2D eigenvalue weighted by atomic mass is 10.2. The number of benzene rings is 1. The minimum atomic E-state index is -0.293. The molecule has 0 aliphatic carbocycles. The van der Waals surface area contributed by atoms with Crippen molar-refractivity contribution in [2.75, 3.05) is 13.2 Å². The van der Waals surface area contributed by atoms with Gasteiger partial charge in [-0.25, -0.2) is 4.79 Å². The standard InChI is InChI=1S/C12H16O3/c1-3-8-15-12(13)10-6-5-7-11(9-10)14-4-2/h5-7,9H,3-4,8H2,1-2H3. The summed E-state index contributed by atoms with van der Waals surface area (Å²) in [7, 11) is 0. The van der Waals surface area contributed by atoms with Crippen molar-refractivity contribution >= 4 is 5.97 Å². The van der Waals surface area contributed by atoms with Gasteiger partial charge in [0.25, 0.3) is 0 Å². The summed E-state index contributed by atoms with van der Waals surface area (Å²) in [4.78, 5) is 11.5. The summed E-state index contributed by atoms with van der Waals surface area (Å²) < 4.78 is 10.3. The summed E-state index contributed by atoms with van der Waals surface area (Å²) in [6, 6.07) is 7.02. The fraction of sp³-hybridized carbons (Fsp3) is 0.417. The van der Waals surface area contributed by atoms with Crippen LogP contribution in [0.3, 0.4) is 0 Å². The van der Waals surface area contributed by atoms with Crippen molar-refractivity contribution < 1.29 is 14.3 Å². The highest BCUT2D eigenvalue weighted by atomic mass is 16.5. The molecule has 0 heterocycles. The first-order chi connectivity index (χ1) is 7.27. The van der Waals surface area contributed by atoms with Gasteiger partial charge in [0.15, 0.2) is 0 Å². The molecule has 0 saturated carbocycles. The van der Waals surface area contributed by atoms with Crippen LogP contribution in [0.5, 0.6) is 5.75 Å². The first-order valence-corrected chi connectivity index (χ1v) is 5.18. The molecule has 0 aliphatic heterocycles. The van der Waals surface area contributed by atoms with Crippen LogP contribution < -0.4 is 4.74 Å².